The molecule has 0 aromatic heterocycles. The molecule has 0 fully saturated rings. The second-order valence-corrected chi connectivity index (χ2v) is 7.99. The molecular weight excluding hydrogens is 372 g/mol. The zero-order valence-corrected chi connectivity index (χ0v) is 16.5. The van der Waals surface area contributed by atoms with E-state index in [0.717, 1.165) is 12.8 Å². The molecule has 5 nitrogen and oxygen atoms in total. The van der Waals surface area contributed by atoms with Crippen molar-refractivity contribution in [2.24, 2.45) is 0 Å². The summed E-state index contributed by atoms with van der Waals surface area (Å²) < 4.78 is 27.8. The van der Waals surface area contributed by atoms with E-state index >= 15 is 0 Å². The third-order valence-electron chi connectivity index (χ3n) is 3.78. The fraction of sp³-hybridized carbons (Fsp3) is 0.316. The Labute approximate surface area is 160 Å². The summed E-state index contributed by atoms with van der Waals surface area (Å²) >= 11 is 6.02. The summed E-state index contributed by atoms with van der Waals surface area (Å²) in [7, 11) is -3.85. The minimum atomic E-state index is -3.85. The molecule has 0 aliphatic rings. The maximum atomic E-state index is 12.7. The summed E-state index contributed by atoms with van der Waals surface area (Å²) in [4.78, 5) is 14.5. The number of nitrogens with one attached hydrogen (secondary N) is 1. The number of para-hydroxylation sites is 1. The van der Waals surface area contributed by atoms with Crippen LogP contribution in [0.5, 0.6) is 0 Å². The van der Waals surface area contributed by atoms with Gasteiger partial charge in [0.05, 0.1) is 15.6 Å². The van der Waals surface area contributed by atoms with E-state index < -0.39 is 10.0 Å². The van der Waals surface area contributed by atoms with E-state index in [1.165, 1.54) is 12.1 Å². The number of anilines is 1. The number of nitrogens with zero attached hydrogens (tertiary/aromatic N) is 1. The van der Waals surface area contributed by atoms with Crippen molar-refractivity contribution in [3.05, 3.63) is 59.1 Å². The Morgan fingerprint density at radius 3 is 2.31 bits per heavy atom. The number of sulfonamides is 1. The van der Waals surface area contributed by atoms with Crippen LogP contribution < -0.4 is 4.72 Å². The highest BCUT2D eigenvalue weighted by atomic mass is 35.5. The Bertz CT molecular complexity index is 863. The second kappa shape index (κ2) is 9.05. The van der Waals surface area contributed by atoms with Gasteiger partial charge in [0.1, 0.15) is 0 Å². The van der Waals surface area contributed by atoms with Crippen LogP contribution in [0.25, 0.3) is 0 Å². The number of carbonyl (C=O) groups excluding carboxylic acids is 1. The summed E-state index contributed by atoms with van der Waals surface area (Å²) in [5, 5.41) is 0.306. The lowest BCUT2D eigenvalue weighted by Crippen LogP contribution is -2.32. The Hall–Kier alpha value is -2.05. The molecule has 2 rings (SSSR count). The minimum absolute atomic E-state index is 0.0243. The number of benzene rings is 2. The summed E-state index contributed by atoms with van der Waals surface area (Å²) in [5.74, 6) is -0.163. The number of hydrogen-bond donors (Lipinski definition) is 1. The van der Waals surface area contributed by atoms with Crippen molar-refractivity contribution in [2.45, 2.75) is 31.6 Å². The van der Waals surface area contributed by atoms with Crippen molar-refractivity contribution in [3.8, 4) is 0 Å². The highest BCUT2D eigenvalue weighted by molar-refractivity contribution is 7.92. The number of rotatable bonds is 8. The van der Waals surface area contributed by atoms with Crippen LogP contribution in [0.1, 0.15) is 37.0 Å². The smallest absolute Gasteiger partial charge is 0.261 e. The van der Waals surface area contributed by atoms with E-state index in [-0.39, 0.29) is 10.8 Å². The molecule has 26 heavy (non-hydrogen) atoms. The molecule has 0 aliphatic carbocycles. The van der Waals surface area contributed by atoms with Gasteiger partial charge in [0.25, 0.3) is 15.9 Å². The Morgan fingerprint density at radius 1 is 1.04 bits per heavy atom. The predicted molar refractivity (Wildman–Crippen MR) is 105 cm³/mol. The third kappa shape index (κ3) is 4.99. The van der Waals surface area contributed by atoms with Gasteiger partial charge in [-0.3, -0.25) is 9.52 Å². The lowest BCUT2D eigenvalue weighted by atomic mass is 10.2. The zero-order chi connectivity index (χ0) is 19.2. The Balaban J connectivity index is 2.30. The lowest BCUT2D eigenvalue weighted by molar-refractivity contribution is 0.0755. The SMILES string of the molecule is CCCN(CCC)C(=O)c1cccc(S(=O)(=O)Nc2ccccc2Cl)c1. The molecule has 1 amide bonds. The number of halogens is 1. The molecule has 2 aromatic rings. The quantitative estimate of drug-likeness (QED) is 0.721. The second-order valence-electron chi connectivity index (χ2n) is 5.91. The first-order chi connectivity index (χ1) is 12.4. The van der Waals surface area contributed by atoms with Crippen molar-refractivity contribution in [1.29, 1.82) is 0 Å². The largest absolute Gasteiger partial charge is 0.339 e. The van der Waals surface area contributed by atoms with E-state index in [1.54, 1.807) is 41.3 Å². The molecule has 2 aromatic carbocycles. The van der Waals surface area contributed by atoms with Gasteiger partial charge in [-0.1, -0.05) is 43.6 Å². The van der Waals surface area contributed by atoms with Crippen LogP contribution in [0.4, 0.5) is 5.69 Å². The molecule has 0 spiro atoms. The molecule has 140 valence electrons. The van der Waals surface area contributed by atoms with Gasteiger partial charge >= 0.3 is 0 Å². The van der Waals surface area contributed by atoms with Crippen molar-refractivity contribution >= 4 is 33.2 Å². The number of hydrogen-bond acceptors (Lipinski definition) is 3. The normalized spacial score (nSPS) is 11.2. The van der Waals surface area contributed by atoms with E-state index in [9.17, 15) is 13.2 Å². The van der Waals surface area contributed by atoms with E-state index in [1.807, 2.05) is 13.8 Å². The van der Waals surface area contributed by atoms with E-state index in [4.69, 9.17) is 11.6 Å². The van der Waals surface area contributed by atoms with E-state index in [2.05, 4.69) is 4.72 Å². The van der Waals surface area contributed by atoms with Crippen LogP contribution in [0.2, 0.25) is 5.02 Å². The van der Waals surface area contributed by atoms with Crippen molar-refractivity contribution in [1.82, 2.24) is 4.90 Å². The van der Waals surface area contributed by atoms with Gasteiger partial charge in [0, 0.05) is 18.7 Å². The van der Waals surface area contributed by atoms with Gasteiger partial charge in [-0.15, -0.1) is 0 Å². The fourth-order valence-electron chi connectivity index (χ4n) is 2.58. The fourth-order valence-corrected chi connectivity index (χ4v) is 3.95. The van der Waals surface area contributed by atoms with Gasteiger partial charge in [0.15, 0.2) is 0 Å². The molecule has 0 saturated heterocycles. The standard InChI is InChI=1S/C19H23ClN2O3S/c1-3-12-22(13-4-2)19(23)15-8-7-9-16(14-15)26(24,25)21-18-11-6-5-10-17(18)20/h5-11,14,21H,3-4,12-13H2,1-2H3. The lowest BCUT2D eigenvalue weighted by Gasteiger charge is -2.21. The predicted octanol–water partition coefficient (Wildman–Crippen LogP) is 4.40. The highest BCUT2D eigenvalue weighted by Gasteiger charge is 2.20. The summed E-state index contributed by atoms with van der Waals surface area (Å²) in [5.41, 5.74) is 0.651. The topological polar surface area (TPSA) is 66.5 Å². The zero-order valence-electron chi connectivity index (χ0n) is 14.9. The monoisotopic (exact) mass is 394 g/mol. The maximum absolute atomic E-state index is 12.7. The summed E-state index contributed by atoms with van der Waals surface area (Å²) in [6.45, 7) is 5.29. The molecule has 0 saturated carbocycles. The Kier molecular flexibility index (Phi) is 7.06. The van der Waals surface area contributed by atoms with Crippen LogP contribution in [-0.2, 0) is 10.0 Å². The minimum Gasteiger partial charge on any atom is -0.339 e. The van der Waals surface area contributed by atoms with Crippen LogP contribution in [0.3, 0.4) is 0 Å². The molecule has 0 radical (unpaired) electrons. The van der Waals surface area contributed by atoms with Gasteiger partial charge < -0.3 is 4.90 Å². The van der Waals surface area contributed by atoms with Gasteiger partial charge in [0.2, 0.25) is 0 Å². The maximum Gasteiger partial charge on any atom is 0.261 e. The van der Waals surface area contributed by atoms with Crippen molar-refractivity contribution in [3.63, 3.8) is 0 Å². The highest BCUT2D eigenvalue weighted by Crippen LogP contribution is 2.24. The number of carbonyl (C=O) groups is 1. The first kappa shape index (κ1) is 20.3. The number of amides is 1. The Morgan fingerprint density at radius 2 is 1.69 bits per heavy atom. The summed E-state index contributed by atoms with van der Waals surface area (Å²) in [6.07, 6.45) is 1.69. The van der Waals surface area contributed by atoms with Gasteiger partial charge in [-0.05, 0) is 43.2 Å². The summed E-state index contributed by atoms with van der Waals surface area (Å²) in [6, 6.07) is 12.7. The first-order valence-corrected chi connectivity index (χ1v) is 10.4. The third-order valence-corrected chi connectivity index (χ3v) is 5.48. The molecule has 0 unspecified atom stereocenters. The van der Waals surface area contributed by atoms with Gasteiger partial charge in [-0.2, -0.15) is 0 Å². The molecule has 0 atom stereocenters. The molecule has 0 bridgehead atoms. The molecule has 0 aliphatic heterocycles. The van der Waals surface area contributed by atoms with E-state index in [0.29, 0.717) is 29.4 Å². The van der Waals surface area contributed by atoms with Crippen LogP contribution in [0.15, 0.2) is 53.4 Å². The van der Waals surface area contributed by atoms with Crippen LogP contribution in [-0.4, -0.2) is 32.3 Å². The van der Waals surface area contributed by atoms with Crippen LogP contribution in [0, 0.1) is 0 Å². The molecular formula is C19H23ClN2O3S. The molecule has 7 heteroatoms. The van der Waals surface area contributed by atoms with Crippen LogP contribution >= 0.6 is 11.6 Å². The first-order valence-electron chi connectivity index (χ1n) is 8.55. The van der Waals surface area contributed by atoms with Crippen molar-refractivity contribution in [2.75, 3.05) is 17.8 Å². The molecule has 0 heterocycles. The van der Waals surface area contributed by atoms with Crippen molar-refractivity contribution < 1.29 is 13.2 Å². The molecule has 1 N–H and O–H groups in total. The average Bonchev–Trinajstić information content (AvgIpc) is 2.63. The average molecular weight is 395 g/mol. The van der Waals surface area contributed by atoms with Gasteiger partial charge in [-0.25, -0.2) is 8.42 Å².